The van der Waals surface area contributed by atoms with Crippen LogP contribution < -0.4 is 15.5 Å². The van der Waals surface area contributed by atoms with Crippen LogP contribution in [0, 0.1) is 20.8 Å². The number of hydrogen-bond acceptors (Lipinski definition) is 5. The molecule has 0 atom stereocenters. The van der Waals surface area contributed by atoms with Crippen molar-refractivity contribution < 1.29 is 19.1 Å². The van der Waals surface area contributed by atoms with Crippen molar-refractivity contribution in [3.05, 3.63) is 94.5 Å². The van der Waals surface area contributed by atoms with Crippen molar-refractivity contribution in [3.63, 3.8) is 0 Å². The molecule has 7 nitrogen and oxygen atoms in total. The highest BCUT2D eigenvalue weighted by Crippen LogP contribution is 2.19. The second-order valence-electron chi connectivity index (χ2n) is 7.24. The van der Waals surface area contributed by atoms with Crippen molar-refractivity contribution in [1.29, 1.82) is 0 Å². The first kappa shape index (κ1) is 22.4. The Balaban J connectivity index is 1.53. The largest absolute Gasteiger partial charge is 0.423 e. The van der Waals surface area contributed by atoms with E-state index in [0.717, 1.165) is 16.7 Å². The molecule has 0 radical (unpaired) electrons. The topological polar surface area (TPSA) is 96.9 Å². The van der Waals surface area contributed by atoms with Crippen LogP contribution in [-0.4, -0.2) is 24.0 Å². The molecule has 0 aliphatic rings. The quantitative estimate of drug-likeness (QED) is 0.211. The Bertz CT molecular complexity index is 1150. The number of esters is 1. The van der Waals surface area contributed by atoms with Gasteiger partial charge in [-0.2, -0.15) is 5.10 Å². The summed E-state index contributed by atoms with van der Waals surface area (Å²) >= 11 is 0. The molecular formula is C25H23N3O4. The Morgan fingerprint density at radius 1 is 0.812 bits per heavy atom. The first-order chi connectivity index (χ1) is 15.3. The first-order valence-corrected chi connectivity index (χ1v) is 9.93. The summed E-state index contributed by atoms with van der Waals surface area (Å²) in [5.41, 5.74) is 6.68. The Morgan fingerprint density at radius 2 is 1.44 bits per heavy atom. The Kier molecular flexibility index (Phi) is 7.13. The highest BCUT2D eigenvalue weighted by atomic mass is 16.5. The van der Waals surface area contributed by atoms with Gasteiger partial charge in [0, 0.05) is 5.69 Å². The fourth-order valence-corrected chi connectivity index (χ4v) is 2.88. The van der Waals surface area contributed by atoms with Crippen LogP contribution in [0.1, 0.15) is 32.6 Å². The molecule has 0 heterocycles. The van der Waals surface area contributed by atoms with E-state index < -0.39 is 17.8 Å². The van der Waals surface area contributed by atoms with Gasteiger partial charge in [-0.3, -0.25) is 9.59 Å². The lowest BCUT2D eigenvalue weighted by molar-refractivity contribution is -0.136. The maximum atomic E-state index is 12.2. The molecular weight excluding hydrogens is 406 g/mol. The van der Waals surface area contributed by atoms with Crippen LogP contribution in [0.4, 0.5) is 5.69 Å². The third kappa shape index (κ3) is 5.89. The summed E-state index contributed by atoms with van der Waals surface area (Å²) in [7, 11) is 0. The molecule has 3 aromatic carbocycles. The Labute approximate surface area is 186 Å². The molecule has 7 heteroatoms. The first-order valence-electron chi connectivity index (χ1n) is 9.93. The maximum Gasteiger partial charge on any atom is 0.343 e. The minimum Gasteiger partial charge on any atom is -0.423 e. The Hall–Kier alpha value is -4.26. The molecule has 0 aliphatic heterocycles. The van der Waals surface area contributed by atoms with Crippen molar-refractivity contribution in [2.75, 3.05) is 5.32 Å². The van der Waals surface area contributed by atoms with Crippen molar-refractivity contribution in [2.45, 2.75) is 20.8 Å². The van der Waals surface area contributed by atoms with E-state index in [1.165, 1.54) is 6.21 Å². The fourth-order valence-electron chi connectivity index (χ4n) is 2.88. The zero-order valence-electron chi connectivity index (χ0n) is 18.0. The lowest BCUT2D eigenvalue weighted by atomic mass is 10.1. The molecule has 0 saturated heterocycles. The molecule has 0 fully saturated rings. The van der Waals surface area contributed by atoms with Crippen LogP contribution in [0.2, 0.25) is 0 Å². The SMILES string of the molecule is Cc1ccc(C(=O)Oc2ccc(/C=N/NC(=O)C(=O)Nc3c(C)cccc3C)cc2)cc1. The number of amides is 2. The molecule has 0 saturated carbocycles. The maximum absolute atomic E-state index is 12.2. The number of rotatable bonds is 5. The van der Waals surface area contributed by atoms with Gasteiger partial charge in [0.15, 0.2) is 0 Å². The van der Waals surface area contributed by atoms with Crippen molar-refractivity contribution >= 4 is 29.7 Å². The second-order valence-corrected chi connectivity index (χ2v) is 7.24. The standard InChI is InChI=1S/C25H23N3O4/c1-16-7-11-20(12-8-16)25(31)32-21-13-9-19(10-14-21)15-26-28-24(30)23(29)27-22-17(2)5-4-6-18(22)3/h4-15H,1-3H3,(H,27,29)(H,28,30)/b26-15+. The summed E-state index contributed by atoms with van der Waals surface area (Å²) in [6.07, 6.45) is 1.38. The molecule has 0 unspecified atom stereocenters. The molecule has 3 aromatic rings. The molecule has 32 heavy (non-hydrogen) atoms. The summed E-state index contributed by atoms with van der Waals surface area (Å²) in [5, 5.41) is 6.40. The smallest absolute Gasteiger partial charge is 0.343 e. The molecule has 0 aromatic heterocycles. The third-order valence-corrected chi connectivity index (χ3v) is 4.68. The number of ether oxygens (including phenoxy) is 1. The molecule has 3 rings (SSSR count). The minimum atomic E-state index is -0.882. The Morgan fingerprint density at radius 3 is 2.06 bits per heavy atom. The van der Waals surface area contributed by atoms with Gasteiger partial charge in [0.1, 0.15) is 5.75 Å². The lowest BCUT2D eigenvalue weighted by Gasteiger charge is -2.10. The average molecular weight is 429 g/mol. The van der Waals surface area contributed by atoms with Gasteiger partial charge in [-0.1, -0.05) is 35.9 Å². The van der Waals surface area contributed by atoms with E-state index >= 15 is 0 Å². The number of nitrogens with zero attached hydrogens (tertiary/aromatic N) is 1. The number of nitrogens with one attached hydrogen (secondary N) is 2. The van der Waals surface area contributed by atoms with Gasteiger partial charge in [0.25, 0.3) is 0 Å². The van der Waals surface area contributed by atoms with Gasteiger partial charge in [-0.05, 0) is 73.9 Å². The van der Waals surface area contributed by atoms with Gasteiger partial charge in [0.2, 0.25) is 0 Å². The number of carbonyl (C=O) groups is 3. The number of hydrogen-bond donors (Lipinski definition) is 2. The molecule has 0 aliphatic carbocycles. The van der Waals surface area contributed by atoms with Crippen LogP contribution in [0.3, 0.4) is 0 Å². The van der Waals surface area contributed by atoms with Crippen LogP contribution in [0.15, 0.2) is 71.8 Å². The summed E-state index contributed by atoms with van der Waals surface area (Å²) in [5.74, 6) is -1.76. The normalized spacial score (nSPS) is 10.6. The number of hydrazone groups is 1. The summed E-state index contributed by atoms with van der Waals surface area (Å²) in [6, 6.07) is 19.2. The number of anilines is 1. The monoisotopic (exact) mass is 429 g/mol. The second kappa shape index (κ2) is 10.2. The van der Waals surface area contributed by atoms with E-state index in [1.54, 1.807) is 36.4 Å². The zero-order chi connectivity index (χ0) is 23.1. The van der Waals surface area contributed by atoms with Crippen LogP contribution >= 0.6 is 0 Å². The van der Waals surface area contributed by atoms with Gasteiger partial charge in [-0.15, -0.1) is 0 Å². The van der Waals surface area contributed by atoms with Crippen molar-refractivity contribution in [2.24, 2.45) is 5.10 Å². The molecule has 2 amide bonds. The van der Waals surface area contributed by atoms with E-state index in [1.807, 2.05) is 51.1 Å². The minimum absolute atomic E-state index is 0.379. The predicted octanol–water partition coefficient (Wildman–Crippen LogP) is 3.92. The van der Waals surface area contributed by atoms with Crippen LogP contribution in [-0.2, 0) is 9.59 Å². The number of carbonyl (C=O) groups excluding carboxylic acids is 3. The van der Waals surface area contributed by atoms with Gasteiger partial charge >= 0.3 is 17.8 Å². The van der Waals surface area contributed by atoms with Gasteiger partial charge in [-0.25, -0.2) is 10.2 Å². The highest BCUT2D eigenvalue weighted by molar-refractivity contribution is 6.39. The van der Waals surface area contributed by atoms with E-state index in [0.29, 0.717) is 22.6 Å². The fraction of sp³-hybridized carbons (Fsp3) is 0.120. The number of para-hydroxylation sites is 1. The molecule has 2 N–H and O–H groups in total. The van der Waals surface area contributed by atoms with Gasteiger partial charge < -0.3 is 10.1 Å². The highest BCUT2D eigenvalue weighted by Gasteiger charge is 2.15. The lowest BCUT2D eigenvalue weighted by Crippen LogP contribution is -2.32. The van der Waals surface area contributed by atoms with Crippen molar-refractivity contribution in [3.8, 4) is 5.75 Å². The summed E-state index contributed by atoms with van der Waals surface area (Å²) < 4.78 is 5.34. The average Bonchev–Trinajstić information content (AvgIpc) is 2.77. The number of benzene rings is 3. The van der Waals surface area contributed by atoms with E-state index in [4.69, 9.17) is 4.74 Å². The van der Waals surface area contributed by atoms with E-state index in [-0.39, 0.29) is 0 Å². The summed E-state index contributed by atoms with van der Waals surface area (Å²) in [6.45, 7) is 5.64. The van der Waals surface area contributed by atoms with Crippen molar-refractivity contribution in [1.82, 2.24) is 5.43 Å². The number of aryl methyl sites for hydroxylation is 3. The summed E-state index contributed by atoms with van der Waals surface area (Å²) in [4.78, 5) is 36.3. The van der Waals surface area contributed by atoms with Gasteiger partial charge in [0.05, 0.1) is 11.8 Å². The molecule has 0 bridgehead atoms. The zero-order valence-corrected chi connectivity index (χ0v) is 18.0. The molecule has 162 valence electrons. The molecule has 0 spiro atoms. The van der Waals surface area contributed by atoms with E-state index in [2.05, 4.69) is 15.8 Å². The van der Waals surface area contributed by atoms with E-state index in [9.17, 15) is 14.4 Å². The predicted molar refractivity (Wildman–Crippen MR) is 123 cm³/mol. The van der Waals surface area contributed by atoms with Crippen LogP contribution in [0.25, 0.3) is 0 Å². The third-order valence-electron chi connectivity index (χ3n) is 4.68. The van der Waals surface area contributed by atoms with Crippen LogP contribution in [0.5, 0.6) is 5.75 Å².